The fourth-order valence-electron chi connectivity index (χ4n) is 4.28. The molecule has 0 unspecified atom stereocenters. The first-order valence-electron chi connectivity index (χ1n) is 11.8. The summed E-state index contributed by atoms with van der Waals surface area (Å²) in [5.74, 6) is 0.0482. The Morgan fingerprint density at radius 1 is 0.889 bits per heavy atom. The highest BCUT2D eigenvalue weighted by Crippen LogP contribution is 2.28. The summed E-state index contributed by atoms with van der Waals surface area (Å²) in [7, 11) is 0. The molecule has 182 valence electrons. The molecule has 1 aliphatic heterocycles. The van der Waals surface area contributed by atoms with E-state index in [-0.39, 0.29) is 6.61 Å². The third-order valence-electron chi connectivity index (χ3n) is 6.15. The van der Waals surface area contributed by atoms with Gasteiger partial charge in [-0.05, 0) is 30.2 Å². The number of hydrogen-bond donors (Lipinski definition) is 1. The van der Waals surface area contributed by atoms with Gasteiger partial charge in [0.15, 0.2) is 0 Å². The molecule has 1 aliphatic rings. The van der Waals surface area contributed by atoms with Gasteiger partial charge < -0.3 is 19.9 Å². The molecule has 0 atom stereocenters. The average Bonchev–Trinajstić information content (AvgIpc) is 2.94. The van der Waals surface area contributed by atoms with Crippen molar-refractivity contribution in [1.82, 2.24) is 9.97 Å². The van der Waals surface area contributed by atoms with Crippen molar-refractivity contribution < 1.29 is 9.53 Å². The van der Waals surface area contributed by atoms with Crippen LogP contribution in [0.4, 0.5) is 23.0 Å². The molecule has 0 amide bonds. The lowest BCUT2D eigenvalue weighted by molar-refractivity contribution is 0.0525. The van der Waals surface area contributed by atoms with Crippen molar-refractivity contribution in [3.63, 3.8) is 0 Å². The monoisotopic (exact) mass is 483 g/mol. The second-order valence-electron chi connectivity index (χ2n) is 8.42. The molecule has 1 N–H and O–H groups in total. The predicted octanol–water partition coefficient (Wildman–Crippen LogP) is 2.99. The Labute approximate surface area is 207 Å². The summed E-state index contributed by atoms with van der Waals surface area (Å²) in [6, 6.07) is 17.7. The largest absolute Gasteiger partial charge is 0.462 e. The summed E-state index contributed by atoms with van der Waals surface area (Å²) in [5, 5.41) is 3.17. The maximum absolute atomic E-state index is 12.5. The number of carbonyl (C=O) groups is 1. The summed E-state index contributed by atoms with van der Waals surface area (Å²) >= 11 is 0. The van der Waals surface area contributed by atoms with Crippen LogP contribution in [0.2, 0.25) is 0 Å². The molecular formula is C27H25N5O4. The van der Waals surface area contributed by atoms with E-state index in [1.807, 2.05) is 64.4 Å². The fourth-order valence-corrected chi connectivity index (χ4v) is 4.28. The fraction of sp³-hybridized carbons (Fsp3) is 0.222. The minimum Gasteiger partial charge on any atom is -0.462 e. The Bertz CT molecular complexity index is 1440. The van der Waals surface area contributed by atoms with Crippen LogP contribution in [-0.2, 0) is 4.74 Å². The highest BCUT2D eigenvalue weighted by atomic mass is 16.5. The zero-order chi connectivity index (χ0) is 25.1. The van der Waals surface area contributed by atoms with Crippen LogP contribution in [0.15, 0.2) is 76.6 Å². The summed E-state index contributed by atoms with van der Waals surface area (Å²) in [6.45, 7) is 4.24. The lowest BCUT2D eigenvalue weighted by atomic mass is 10.0. The summed E-state index contributed by atoms with van der Waals surface area (Å²) < 4.78 is 4.96. The Morgan fingerprint density at radius 2 is 1.56 bits per heavy atom. The van der Waals surface area contributed by atoms with Crippen LogP contribution in [-0.4, -0.2) is 48.7 Å². The van der Waals surface area contributed by atoms with Gasteiger partial charge in [0.2, 0.25) is 5.95 Å². The minimum atomic E-state index is -0.504. The van der Waals surface area contributed by atoms with E-state index in [1.165, 1.54) is 12.4 Å². The lowest BCUT2D eigenvalue weighted by Crippen LogP contribution is -2.51. The molecule has 2 heterocycles. The number of nitrogens with one attached hydrogen (secondary N) is 1. The molecule has 0 bridgehead atoms. The van der Waals surface area contributed by atoms with E-state index in [0.29, 0.717) is 49.1 Å². The van der Waals surface area contributed by atoms with Crippen molar-refractivity contribution in [3.05, 3.63) is 93.0 Å². The highest BCUT2D eigenvalue weighted by molar-refractivity contribution is 5.88. The average molecular weight is 484 g/mol. The van der Waals surface area contributed by atoms with Crippen LogP contribution in [0.3, 0.4) is 0 Å². The Kier molecular flexibility index (Phi) is 6.44. The molecule has 0 radical (unpaired) electrons. The second kappa shape index (κ2) is 9.99. The topological polar surface area (TPSA) is 105 Å². The number of hydrogen-bond acceptors (Lipinski definition) is 9. The van der Waals surface area contributed by atoms with Crippen LogP contribution < -0.4 is 26.0 Å². The normalized spacial score (nSPS) is 13.6. The van der Waals surface area contributed by atoms with Gasteiger partial charge >= 0.3 is 5.97 Å². The summed E-state index contributed by atoms with van der Waals surface area (Å²) in [5.41, 5.74) is 2.91. The zero-order valence-corrected chi connectivity index (χ0v) is 19.8. The van der Waals surface area contributed by atoms with E-state index in [4.69, 9.17) is 4.74 Å². The lowest BCUT2D eigenvalue weighted by Gasteiger charge is -2.37. The van der Waals surface area contributed by atoms with Crippen LogP contribution in [0.5, 0.6) is 0 Å². The van der Waals surface area contributed by atoms with Crippen molar-refractivity contribution >= 4 is 29.0 Å². The highest BCUT2D eigenvalue weighted by Gasteiger charge is 2.29. The SMILES string of the molecule is CCOC(=O)c1cnc(N2CCN(c3c(Nc4cccc(-c5ccccc5)c4)c(=O)c3=O)CC2)nc1. The summed E-state index contributed by atoms with van der Waals surface area (Å²) in [6.07, 6.45) is 2.91. The molecule has 1 fully saturated rings. The van der Waals surface area contributed by atoms with E-state index in [2.05, 4.69) is 15.3 Å². The standard InChI is InChI=1S/C27H25N5O4/c1-2-36-26(35)20-16-28-27(29-17-20)32-13-11-31(12-14-32)23-22(24(33)25(23)34)30-21-10-6-9-19(15-21)18-7-4-3-5-8-18/h3-10,15-17,30H,2,11-14H2,1H3. The van der Waals surface area contributed by atoms with E-state index >= 15 is 0 Å². The van der Waals surface area contributed by atoms with E-state index in [0.717, 1.165) is 16.8 Å². The first kappa shape index (κ1) is 23.2. The van der Waals surface area contributed by atoms with Crippen LogP contribution >= 0.6 is 0 Å². The number of nitrogens with zero attached hydrogens (tertiary/aromatic N) is 4. The van der Waals surface area contributed by atoms with Crippen LogP contribution in [0, 0.1) is 0 Å². The minimum absolute atomic E-state index is 0.287. The number of benzene rings is 2. The molecular weight excluding hydrogens is 458 g/mol. The number of carbonyl (C=O) groups excluding carboxylic acids is 1. The third kappa shape index (κ3) is 4.55. The zero-order valence-electron chi connectivity index (χ0n) is 19.8. The molecule has 1 aromatic heterocycles. The number of ether oxygens (including phenoxy) is 1. The predicted molar refractivity (Wildman–Crippen MR) is 139 cm³/mol. The smallest absolute Gasteiger partial charge is 0.341 e. The second-order valence-corrected chi connectivity index (χ2v) is 8.42. The Hall–Kier alpha value is -4.53. The van der Waals surface area contributed by atoms with Crippen molar-refractivity contribution in [2.24, 2.45) is 0 Å². The number of rotatable bonds is 7. The van der Waals surface area contributed by atoms with Gasteiger partial charge in [0, 0.05) is 44.3 Å². The molecule has 36 heavy (non-hydrogen) atoms. The number of anilines is 4. The molecule has 5 rings (SSSR count). The van der Waals surface area contributed by atoms with Gasteiger partial charge in [-0.25, -0.2) is 14.8 Å². The molecule has 9 heteroatoms. The van der Waals surface area contributed by atoms with Gasteiger partial charge in [0.25, 0.3) is 10.9 Å². The van der Waals surface area contributed by atoms with Gasteiger partial charge in [-0.1, -0.05) is 42.5 Å². The van der Waals surface area contributed by atoms with Gasteiger partial charge in [-0.2, -0.15) is 0 Å². The molecule has 1 saturated heterocycles. The molecule has 3 aromatic carbocycles. The quantitative estimate of drug-likeness (QED) is 0.314. The van der Waals surface area contributed by atoms with Crippen molar-refractivity contribution in [2.75, 3.05) is 47.9 Å². The first-order chi connectivity index (χ1) is 17.5. The van der Waals surface area contributed by atoms with Gasteiger partial charge in [0.1, 0.15) is 11.4 Å². The molecule has 0 saturated carbocycles. The van der Waals surface area contributed by atoms with Gasteiger partial charge in [-0.15, -0.1) is 0 Å². The van der Waals surface area contributed by atoms with Gasteiger partial charge in [-0.3, -0.25) is 9.59 Å². The van der Waals surface area contributed by atoms with Crippen molar-refractivity contribution in [2.45, 2.75) is 6.92 Å². The van der Waals surface area contributed by atoms with E-state index in [1.54, 1.807) is 6.92 Å². The first-order valence-corrected chi connectivity index (χ1v) is 11.8. The Balaban J connectivity index is 1.27. The van der Waals surface area contributed by atoms with Crippen molar-refractivity contribution in [1.29, 1.82) is 0 Å². The third-order valence-corrected chi connectivity index (χ3v) is 6.15. The molecule has 0 spiro atoms. The Morgan fingerprint density at radius 3 is 2.25 bits per heavy atom. The maximum Gasteiger partial charge on any atom is 0.341 e. The van der Waals surface area contributed by atoms with Crippen molar-refractivity contribution in [3.8, 4) is 11.1 Å². The number of piperazine rings is 1. The number of esters is 1. The summed E-state index contributed by atoms with van der Waals surface area (Å²) in [4.78, 5) is 49.2. The molecule has 4 aromatic rings. The van der Waals surface area contributed by atoms with E-state index in [9.17, 15) is 14.4 Å². The molecule has 0 aliphatic carbocycles. The van der Waals surface area contributed by atoms with Crippen LogP contribution in [0.1, 0.15) is 17.3 Å². The van der Waals surface area contributed by atoms with E-state index < -0.39 is 16.8 Å². The van der Waals surface area contributed by atoms with Crippen LogP contribution in [0.25, 0.3) is 11.1 Å². The maximum atomic E-state index is 12.5. The number of aromatic nitrogens is 2. The molecule has 9 nitrogen and oxygen atoms in total. The van der Waals surface area contributed by atoms with Gasteiger partial charge in [0.05, 0.1) is 12.2 Å².